The minimum atomic E-state index is -0.451. The number of nitrogens with zero attached hydrogens (tertiary/aromatic N) is 1. The van der Waals surface area contributed by atoms with Crippen LogP contribution < -0.4 is 4.74 Å². The van der Waals surface area contributed by atoms with Crippen molar-refractivity contribution in [2.75, 3.05) is 13.1 Å². The normalized spacial score (nSPS) is 16.9. The Balaban J connectivity index is 2.03. The number of carbonyl (C=O) groups is 1. The average Bonchev–Trinajstić information content (AvgIpc) is 2.44. The van der Waals surface area contributed by atoms with Gasteiger partial charge in [-0.25, -0.2) is 0 Å². The lowest BCUT2D eigenvalue weighted by Gasteiger charge is -2.29. The standard InChI is InChI=1S/C16H22ClNO2/c1-11-9-14(10-12(2)15(11)17)20-13(3)16(19)18-7-5-4-6-8-18/h9-10,13H,4-8H2,1-3H3. The molecule has 0 aromatic heterocycles. The van der Waals surface area contributed by atoms with Crippen molar-refractivity contribution < 1.29 is 9.53 Å². The van der Waals surface area contributed by atoms with E-state index in [4.69, 9.17) is 16.3 Å². The number of rotatable bonds is 3. The predicted molar refractivity (Wildman–Crippen MR) is 81.4 cm³/mol. The fraction of sp³-hybridized carbons (Fsp3) is 0.562. The summed E-state index contributed by atoms with van der Waals surface area (Å²) in [5, 5.41) is 0.757. The van der Waals surface area contributed by atoms with Crippen LogP contribution in [0.15, 0.2) is 12.1 Å². The largest absolute Gasteiger partial charge is 0.481 e. The number of piperidine rings is 1. The van der Waals surface area contributed by atoms with Gasteiger partial charge in [-0.3, -0.25) is 4.79 Å². The van der Waals surface area contributed by atoms with Gasteiger partial charge in [0, 0.05) is 18.1 Å². The molecule has 1 atom stereocenters. The van der Waals surface area contributed by atoms with Crippen molar-refractivity contribution in [2.24, 2.45) is 0 Å². The molecule has 2 rings (SSSR count). The molecule has 0 N–H and O–H groups in total. The van der Waals surface area contributed by atoms with Gasteiger partial charge in [0.15, 0.2) is 6.10 Å². The van der Waals surface area contributed by atoms with E-state index in [1.165, 1.54) is 6.42 Å². The molecule has 4 heteroatoms. The maximum absolute atomic E-state index is 12.3. The maximum Gasteiger partial charge on any atom is 0.263 e. The molecule has 0 aliphatic carbocycles. The Hall–Kier alpha value is -1.22. The molecule has 0 spiro atoms. The summed E-state index contributed by atoms with van der Waals surface area (Å²) < 4.78 is 5.80. The molecule has 1 unspecified atom stereocenters. The summed E-state index contributed by atoms with van der Waals surface area (Å²) in [6.07, 6.45) is 2.96. The number of carbonyl (C=O) groups excluding carboxylic acids is 1. The molecule has 3 nitrogen and oxygen atoms in total. The number of aryl methyl sites for hydroxylation is 2. The van der Waals surface area contributed by atoms with Gasteiger partial charge in [-0.15, -0.1) is 0 Å². The molecule has 1 fully saturated rings. The molecule has 0 saturated carbocycles. The summed E-state index contributed by atoms with van der Waals surface area (Å²) in [4.78, 5) is 14.2. The van der Waals surface area contributed by atoms with Crippen molar-refractivity contribution >= 4 is 17.5 Å². The summed E-state index contributed by atoms with van der Waals surface area (Å²) in [5.74, 6) is 0.789. The Labute approximate surface area is 125 Å². The summed E-state index contributed by atoms with van der Waals surface area (Å²) >= 11 is 6.14. The zero-order valence-corrected chi connectivity index (χ0v) is 13.2. The van der Waals surface area contributed by atoms with Crippen LogP contribution in [0.1, 0.15) is 37.3 Å². The second-order valence-corrected chi connectivity index (χ2v) is 5.90. The van der Waals surface area contributed by atoms with Crippen molar-refractivity contribution in [3.63, 3.8) is 0 Å². The predicted octanol–water partition coefficient (Wildman–Crippen LogP) is 3.74. The quantitative estimate of drug-likeness (QED) is 0.850. The minimum Gasteiger partial charge on any atom is -0.481 e. The van der Waals surface area contributed by atoms with Crippen LogP contribution in [-0.4, -0.2) is 30.0 Å². The first-order valence-electron chi connectivity index (χ1n) is 7.21. The van der Waals surface area contributed by atoms with Crippen LogP contribution in [0.25, 0.3) is 0 Å². The van der Waals surface area contributed by atoms with Gasteiger partial charge in [0.25, 0.3) is 5.91 Å². The molecule has 1 saturated heterocycles. The third-order valence-electron chi connectivity index (χ3n) is 3.74. The number of ether oxygens (including phenoxy) is 1. The number of likely N-dealkylation sites (tertiary alicyclic amines) is 1. The Morgan fingerprint density at radius 2 is 1.75 bits per heavy atom. The highest BCUT2D eigenvalue weighted by molar-refractivity contribution is 6.32. The molecule has 110 valence electrons. The topological polar surface area (TPSA) is 29.5 Å². The molecule has 20 heavy (non-hydrogen) atoms. The van der Waals surface area contributed by atoms with E-state index in [0.29, 0.717) is 5.75 Å². The molecule has 1 heterocycles. The van der Waals surface area contributed by atoms with E-state index in [1.807, 2.05) is 37.8 Å². The molecule has 1 aromatic rings. The summed E-state index contributed by atoms with van der Waals surface area (Å²) in [5.41, 5.74) is 1.94. The molecular formula is C16H22ClNO2. The first-order chi connectivity index (χ1) is 9.49. The van der Waals surface area contributed by atoms with E-state index in [0.717, 1.165) is 42.1 Å². The van der Waals surface area contributed by atoms with E-state index in [-0.39, 0.29) is 5.91 Å². The van der Waals surface area contributed by atoms with Gasteiger partial charge < -0.3 is 9.64 Å². The third kappa shape index (κ3) is 3.45. The number of hydrogen-bond donors (Lipinski definition) is 0. The third-order valence-corrected chi connectivity index (χ3v) is 4.33. The first kappa shape index (κ1) is 15.2. The van der Waals surface area contributed by atoms with Gasteiger partial charge in [0.1, 0.15) is 5.75 Å². The lowest BCUT2D eigenvalue weighted by atomic mass is 10.1. The van der Waals surface area contributed by atoms with Crippen molar-refractivity contribution in [1.29, 1.82) is 0 Å². The highest BCUT2D eigenvalue weighted by atomic mass is 35.5. The van der Waals surface area contributed by atoms with Gasteiger partial charge >= 0.3 is 0 Å². The fourth-order valence-electron chi connectivity index (χ4n) is 2.60. The van der Waals surface area contributed by atoms with Crippen molar-refractivity contribution in [2.45, 2.75) is 46.1 Å². The molecule has 1 amide bonds. The Kier molecular flexibility index (Phi) is 4.92. The van der Waals surface area contributed by atoms with Gasteiger partial charge in [-0.1, -0.05) is 11.6 Å². The van der Waals surface area contributed by atoms with E-state index < -0.39 is 6.10 Å². The van der Waals surface area contributed by atoms with Crippen LogP contribution in [0.4, 0.5) is 0 Å². The zero-order valence-electron chi connectivity index (χ0n) is 12.4. The summed E-state index contributed by atoms with van der Waals surface area (Å²) in [7, 11) is 0. The van der Waals surface area contributed by atoms with Crippen molar-refractivity contribution in [3.8, 4) is 5.75 Å². The first-order valence-corrected chi connectivity index (χ1v) is 7.59. The molecular weight excluding hydrogens is 274 g/mol. The van der Waals surface area contributed by atoms with E-state index >= 15 is 0 Å². The second kappa shape index (κ2) is 6.49. The minimum absolute atomic E-state index is 0.0787. The molecule has 0 radical (unpaired) electrons. The molecule has 1 aromatic carbocycles. The number of hydrogen-bond acceptors (Lipinski definition) is 2. The molecule has 0 bridgehead atoms. The van der Waals surface area contributed by atoms with Gasteiger partial charge in [0.05, 0.1) is 0 Å². The van der Waals surface area contributed by atoms with E-state index in [1.54, 1.807) is 0 Å². The van der Waals surface area contributed by atoms with E-state index in [2.05, 4.69) is 0 Å². The smallest absolute Gasteiger partial charge is 0.263 e. The SMILES string of the molecule is Cc1cc(OC(C)C(=O)N2CCCCC2)cc(C)c1Cl. The van der Waals surface area contributed by atoms with Crippen LogP contribution in [0.2, 0.25) is 5.02 Å². The molecule has 1 aliphatic rings. The van der Waals surface area contributed by atoms with Crippen LogP contribution in [0.3, 0.4) is 0 Å². The number of halogens is 1. The van der Waals surface area contributed by atoms with E-state index in [9.17, 15) is 4.79 Å². The van der Waals surface area contributed by atoms with Crippen LogP contribution in [0, 0.1) is 13.8 Å². The Morgan fingerprint density at radius 3 is 2.30 bits per heavy atom. The lowest BCUT2D eigenvalue weighted by Crippen LogP contribution is -2.43. The average molecular weight is 296 g/mol. The van der Waals surface area contributed by atoms with Crippen molar-refractivity contribution in [3.05, 3.63) is 28.3 Å². The monoisotopic (exact) mass is 295 g/mol. The van der Waals surface area contributed by atoms with Gasteiger partial charge in [0.2, 0.25) is 0 Å². The van der Waals surface area contributed by atoms with Crippen LogP contribution in [0.5, 0.6) is 5.75 Å². The Bertz CT molecular complexity index is 472. The van der Waals surface area contributed by atoms with Crippen LogP contribution >= 0.6 is 11.6 Å². The second-order valence-electron chi connectivity index (χ2n) is 5.52. The highest BCUT2D eigenvalue weighted by Crippen LogP contribution is 2.26. The number of benzene rings is 1. The summed E-state index contributed by atoms with van der Waals surface area (Å²) in [6, 6.07) is 3.77. The van der Waals surface area contributed by atoms with Crippen LogP contribution in [-0.2, 0) is 4.79 Å². The summed E-state index contributed by atoms with van der Waals surface area (Å²) in [6.45, 7) is 7.41. The molecule has 1 aliphatic heterocycles. The van der Waals surface area contributed by atoms with Gasteiger partial charge in [-0.2, -0.15) is 0 Å². The zero-order chi connectivity index (χ0) is 14.7. The Morgan fingerprint density at radius 1 is 1.20 bits per heavy atom. The highest BCUT2D eigenvalue weighted by Gasteiger charge is 2.23. The maximum atomic E-state index is 12.3. The lowest BCUT2D eigenvalue weighted by molar-refractivity contribution is -0.138. The number of amides is 1. The fourth-order valence-corrected chi connectivity index (χ4v) is 2.71. The van der Waals surface area contributed by atoms with Crippen molar-refractivity contribution in [1.82, 2.24) is 4.90 Å². The van der Waals surface area contributed by atoms with Gasteiger partial charge in [-0.05, 0) is 63.3 Å².